The molecule has 0 saturated heterocycles. The SMILES string of the molecule is C=CCOC(=O)COc1ccc(COc2ccc(C(=O)c3ccccc3NC(=O)OCc3ccc4c(c3)Cc3cccc(Cl)c3-4)cc2)cc1. The molecule has 1 N–H and O–H groups in total. The van der Waals surface area contributed by atoms with Crippen LogP contribution in [-0.2, 0) is 33.9 Å². The minimum Gasteiger partial charge on any atom is -0.489 e. The van der Waals surface area contributed by atoms with Gasteiger partial charge in [-0.2, -0.15) is 0 Å². The Balaban J connectivity index is 1.00. The number of hydrogen-bond acceptors (Lipinski definition) is 7. The summed E-state index contributed by atoms with van der Waals surface area (Å²) in [4.78, 5) is 37.8. The van der Waals surface area contributed by atoms with Crippen LogP contribution in [-0.4, -0.2) is 31.1 Å². The van der Waals surface area contributed by atoms with E-state index < -0.39 is 12.1 Å². The van der Waals surface area contributed by atoms with E-state index in [9.17, 15) is 14.4 Å². The Labute approximate surface area is 288 Å². The standard InChI is InChI=1S/C40H32ClNO7/c1-2-20-46-37(43)25-48-31-15-10-26(11-16-31)23-47-32-17-13-28(14-18-32)39(44)34-7-3-4-9-36(34)42-40(45)49-24-27-12-19-33-30(21-27)22-29-6-5-8-35(41)38(29)33/h2-19,21H,1,20,22-25H2,(H,42,45). The maximum absolute atomic E-state index is 13.4. The van der Waals surface area contributed by atoms with Crippen LogP contribution in [0.4, 0.5) is 10.5 Å². The molecule has 5 aromatic carbocycles. The van der Waals surface area contributed by atoms with Gasteiger partial charge in [0, 0.05) is 21.7 Å². The van der Waals surface area contributed by atoms with Gasteiger partial charge in [-0.1, -0.05) is 78.9 Å². The van der Waals surface area contributed by atoms with Crippen molar-refractivity contribution in [2.75, 3.05) is 18.5 Å². The summed E-state index contributed by atoms with van der Waals surface area (Å²) in [6.07, 6.45) is 1.60. The fraction of sp³-hybridized carbons (Fsp3) is 0.125. The number of esters is 1. The number of hydrogen-bond donors (Lipinski definition) is 1. The Bertz CT molecular complexity index is 2010. The molecule has 0 spiro atoms. The first-order chi connectivity index (χ1) is 23.9. The predicted molar refractivity (Wildman–Crippen MR) is 187 cm³/mol. The Kier molecular flexibility index (Phi) is 10.4. The average molecular weight is 674 g/mol. The molecule has 246 valence electrons. The van der Waals surface area contributed by atoms with Crippen molar-refractivity contribution in [1.29, 1.82) is 0 Å². The summed E-state index contributed by atoms with van der Waals surface area (Å²) in [5.41, 5.74) is 7.33. The number of nitrogens with one attached hydrogen (secondary N) is 1. The molecular weight excluding hydrogens is 642 g/mol. The van der Waals surface area contributed by atoms with Crippen LogP contribution in [0.25, 0.3) is 11.1 Å². The lowest BCUT2D eigenvalue weighted by Crippen LogP contribution is -2.16. The Morgan fingerprint density at radius 3 is 2.29 bits per heavy atom. The van der Waals surface area contributed by atoms with Crippen LogP contribution < -0.4 is 14.8 Å². The van der Waals surface area contributed by atoms with Gasteiger partial charge in [0.1, 0.15) is 31.3 Å². The number of ether oxygens (including phenoxy) is 4. The van der Waals surface area contributed by atoms with Gasteiger partial charge in [-0.15, -0.1) is 0 Å². The number of amides is 1. The highest BCUT2D eigenvalue weighted by molar-refractivity contribution is 6.33. The molecule has 0 heterocycles. The van der Waals surface area contributed by atoms with Crippen molar-refractivity contribution in [3.8, 4) is 22.6 Å². The minimum absolute atomic E-state index is 0.0749. The zero-order valence-electron chi connectivity index (χ0n) is 26.4. The zero-order valence-corrected chi connectivity index (χ0v) is 27.2. The Hall–Kier alpha value is -5.86. The van der Waals surface area contributed by atoms with Gasteiger partial charge in [0.25, 0.3) is 0 Å². The molecule has 9 heteroatoms. The lowest BCUT2D eigenvalue weighted by atomic mass is 10.0. The number of carbonyl (C=O) groups excluding carboxylic acids is 3. The van der Waals surface area contributed by atoms with Crippen LogP contribution in [0.3, 0.4) is 0 Å². The van der Waals surface area contributed by atoms with E-state index >= 15 is 0 Å². The monoisotopic (exact) mass is 673 g/mol. The molecular formula is C40H32ClNO7. The summed E-state index contributed by atoms with van der Waals surface area (Å²) in [7, 11) is 0. The number of fused-ring (bicyclic) bond motifs is 3. The van der Waals surface area contributed by atoms with E-state index in [-0.39, 0.29) is 32.2 Å². The fourth-order valence-electron chi connectivity index (χ4n) is 5.48. The van der Waals surface area contributed by atoms with Crippen molar-refractivity contribution in [1.82, 2.24) is 0 Å². The first-order valence-electron chi connectivity index (χ1n) is 15.6. The lowest BCUT2D eigenvalue weighted by Gasteiger charge is -2.12. The quantitative estimate of drug-likeness (QED) is 0.0745. The number of ketones is 1. The van der Waals surface area contributed by atoms with E-state index in [2.05, 4.69) is 18.0 Å². The molecule has 49 heavy (non-hydrogen) atoms. The molecule has 0 saturated carbocycles. The number of para-hydroxylation sites is 1. The Morgan fingerprint density at radius 1 is 0.755 bits per heavy atom. The highest BCUT2D eigenvalue weighted by atomic mass is 35.5. The highest BCUT2D eigenvalue weighted by Crippen LogP contribution is 2.41. The summed E-state index contributed by atoms with van der Waals surface area (Å²) in [6, 6.07) is 32.6. The van der Waals surface area contributed by atoms with Gasteiger partial charge in [0.15, 0.2) is 12.4 Å². The van der Waals surface area contributed by atoms with Gasteiger partial charge in [-0.3, -0.25) is 10.1 Å². The van der Waals surface area contributed by atoms with E-state index in [1.807, 2.05) is 42.5 Å². The maximum Gasteiger partial charge on any atom is 0.411 e. The molecule has 5 aromatic rings. The second-order valence-electron chi connectivity index (χ2n) is 11.2. The first kappa shape index (κ1) is 33.1. The van der Waals surface area contributed by atoms with Crippen LogP contribution in [0.1, 0.15) is 38.2 Å². The topological polar surface area (TPSA) is 100 Å². The molecule has 0 fully saturated rings. The molecule has 0 radical (unpaired) electrons. The molecule has 0 aromatic heterocycles. The molecule has 0 atom stereocenters. The van der Waals surface area contributed by atoms with Crippen LogP contribution in [0.5, 0.6) is 11.5 Å². The van der Waals surface area contributed by atoms with Gasteiger partial charge in [-0.25, -0.2) is 9.59 Å². The van der Waals surface area contributed by atoms with Gasteiger partial charge < -0.3 is 18.9 Å². The van der Waals surface area contributed by atoms with Gasteiger partial charge in [-0.05, 0) is 88.8 Å². The lowest BCUT2D eigenvalue weighted by molar-refractivity contribution is -0.144. The molecule has 0 unspecified atom stereocenters. The molecule has 6 rings (SSSR count). The summed E-state index contributed by atoms with van der Waals surface area (Å²) in [6.45, 7) is 3.81. The van der Waals surface area contributed by atoms with Gasteiger partial charge in [0.05, 0.1) is 5.69 Å². The predicted octanol–water partition coefficient (Wildman–Crippen LogP) is 8.58. The van der Waals surface area contributed by atoms with Crippen molar-refractivity contribution >= 4 is 35.1 Å². The molecule has 1 aliphatic carbocycles. The van der Waals surface area contributed by atoms with E-state index in [0.29, 0.717) is 28.3 Å². The van der Waals surface area contributed by atoms with E-state index in [1.165, 1.54) is 11.6 Å². The van der Waals surface area contributed by atoms with Crippen LogP contribution in [0, 0.1) is 0 Å². The number of halogens is 1. The second-order valence-corrected chi connectivity index (χ2v) is 11.6. The molecule has 8 nitrogen and oxygen atoms in total. The third kappa shape index (κ3) is 8.17. The fourth-order valence-corrected chi connectivity index (χ4v) is 5.77. The summed E-state index contributed by atoms with van der Waals surface area (Å²) in [5, 5.41) is 3.45. The van der Waals surface area contributed by atoms with Crippen molar-refractivity contribution in [3.05, 3.63) is 160 Å². The Morgan fingerprint density at radius 2 is 1.49 bits per heavy atom. The van der Waals surface area contributed by atoms with Crippen molar-refractivity contribution in [2.45, 2.75) is 19.6 Å². The highest BCUT2D eigenvalue weighted by Gasteiger charge is 2.21. The normalized spacial score (nSPS) is 11.1. The number of rotatable bonds is 13. The molecule has 0 aliphatic heterocycles. The van der Waals surface area contributed by atoms with Gasteiger partial charge in [0.2, 0.25) is 0 Å². The maximum atomic E-state index is 13.4. The average Bonchev–Trinajstić information content (AvgIpc) is 3.51. The number of anilines is 1. The van der Waals surface area contributed by atoms with Crippen LogP contribution >= 0.6 is 11.6 Å². The summed E-state index contributed by atoms with van der Waals surface area (Å²) in [5.74, 6) is 0.373. The summed E-state index contributed by atoms with van der Waals surface area (Å²) >= 11 is 6.44. The third-order valence-electron chi connectivity index (χ3n) is 7.86. The van der Waals surface area contributed by atoms with Gasteiger partial charge >= 0.3 is 12.1 Å². The van der Waals surface area contributed by atoms with Crippen LogP contribution in [0.15, 0.2) is 122 Å². The van der Waals surface area contributed by atoms with E-state index in [0.717, 1.165) is 39.3 Å². The van der Waals surface area contributed by atoms with Crippen molar-refractivity contribution < 1.29 is 33.3 Å². The molecule has 0 bridgehead atoms. The van der Waals surface area contributed by atoms with E-state index in [1.54, 1.807) is 60.7 Å². The van der Waals surface area contributed by atoms with Crippen LogP contribution in [0.2, 0.25) is 5.02 Å². The second kappa shape index (κ2) is 15.4. The third-order valence-corrected chi connectivity index (χ3v) is 8.18. The zero-order chi connectivity index (χ0) is 34.2. The molecule has 1 amide bonds. The van der Waals surface area contributed by atoms with E-state index in [4.69, 9.17) is 30.5 Å². The largest absolute Gasteiger partial charge is 0.489 e. The smallest absolute Gasteiger partial charge is 0.411 e. The van der Waals surface area contributed by atoms with Crippen molar-refractivity contribution in [3.63, 3.8) is 0 Å². The minimum atomic E-state index is -0.665. The molecule has 1 aliphatic rings. The van der Waals surface area contributed by atoms with Crippen molar-refractivity contribution in [2.24, 2.45) is 0 Å². The number of benzene rings is 5. The summed E-state index contributed by atoms with van der Waals surface area (Å²) < 4.78 is 21.7. The first-order valence-corrected chi connectivity index (χ1v) is 15.9. The number of carbonyl (C=O) groups is 3.